The van der Waals surface area contributed by atoms with Gasteiger partial charge in [0.15, 0.2) is 0 Å². The van der Waals surface area contributed by atoms with Gasteiger partial charge in [-0.25, -0.2) is 5.06 Å². The SMILES string of the molecule is O=C([C@H](O)[C@@H](c1ccccc1)[C@H](c1ccc([N+](=O)[O-])cc1)N(O)c1ccc(Cl)cc1)N1CCCCC1. The highest BCUT2D eigenvalue weighted by Crippen LogP contribution is 2.41. The van der Waals surface area contributed by atoms with E-state index in [0.717, 1.165) is 24.3 Å². The number of rotatable bonds is 8. The first kappa shape index (κ1) is 25.6. The lowest BCUT2D eigenvalue weighted by Gasteiger charge is -2.38. The second kappa shape index (κ2) is 11.5. The van der Waals surface area contributed by atoms with Crippen LogP contribution in [0.15, 0.2) is 78.9 Å². The van der Waals surface area contributed by atoms with Crippen LogP contribution in [-0.2, 0) is 4.79 Å². The van der Waals surface area contributed by atoms with E-state index in [0.29, 0.717) is 34.9 Å². The Hall–Kier alpha value is -3.46. The van der Waals surface area contributed by atoms with Gasteiger partial charge in [0.1, 0.15) is 6.10 Å². The molecule has 0 spiro atoms. The third-order valence-electron chi connectivity index (χ3n) is 6.59. The van der Waals surface area contributed by atoms with E-state index in [-0.39, 0.29) is 5.69 Å². The van der Waals surface area contributed by atoms with Gasteiger partial charge < -0.3 is 10.0 Å². The molecule has 3 atom stereocenters. The highest BCUT2D eigenvalue weighted by Gasteiger charge is 2.40. The predicted molar refractivity (Wildman–Crippen MR) is 137 cm³/mol. The number of anilines is 1. The number of hydrogen-bond donors (Lipinski definition) is 2. The summed E-state index contributed by atoms with van der Waals surface area (Å²) in [5.41, 5.74) is 1.43. The van der Waals surface area contributed by atoms with E-state index in [2.05, 4.69) is 0 Å². The molecule has 3 aromatic rings. The fourth-order valence-corrected chi connectivity index (χ4v) is 4.84. The molecule has 36 heavy (non-hydrogen) atoms. The summed E-state index contributed by atoms with van der Waals surface area (Å²) >= 11 is 6.04. The number of halogens is 1. The maximum Gasteiger partial charge on any atom is 0.269 e. The van der Waals surface area contributed by atoms with Crippen LogP contribution in [0.3, 0.4) is 0 Å². The van der Waals surface area contributed by atoms with E-state index >= 15 is 0 Å². The zero-order valence-electron chi connectivity index (χ0n) is 19.6. The zero-order valence-corrected chi connectivity index (χ0v) is 20.4. The molecular weight excluding hydrogens is 482 g/mol. The van der Waals surface area contributed by atoms with Crippen molar-refractivity contribution in [1.82, 2.24) is 4.90 Å². The number of nitro benzene ring substituents is 1. The standard InChI is InChI=1S/C27H28ClN3O5/c28-21-11-15-22(16-12-21)30(34)25(20-9-13-23(14-10-20)31(35)36)24(19-7-3-1-4-8-19)26(32)27(33)29-17-5-2-6-18-29/h1,3-4,7-16,24-26,32,34H,2,5-6,17-18H2/t24-,25-,26+/m0/s1. The summed E-state index contributed by atoms with van der Waals surface area (Å²) in [6.07, 6.45) is 1.32. The number of aliphatic hydroxyl groups excluding tert-OH is 1. The Morgan fingerprint density at radius 3 is 2.11 bits per heavy atom. The number of nitrogens with zero attached hydrogens (tertiary/aromatic N) is 3. The molecule has 1 heterocycles. The molecule has 1 aliphatic heterocycles. The molecule has 3 aromatic carbocycles. The van der Waals surface area contributed by atoms with Gasteiger partial charge in [-0.2, -0.15) is 0 Å². The van der Waals surface area contributed by atoms with E-state index in [4.69, 9.17) is 11.6 Å². The average Bonchev–Trinajstić information content (AvgIpc) is 2.92. The molecule has 8 nitrogen and oxygen atoms in total. The van der Waals surface area contributed by atoms with E-state index in [1.807, 2.05) is 6.07 Å². The Balaban J connectivity index is 1.82. The fraction of sp³-hybridized carbons (Fsp3) is 0.296. The Kier molecular flexibility index (Phi) is 8.20. The molecule has 9 heteroatoms. The van der Waals surface area contributed by atoms with Crippen LogP contribution in [0.2, 0.25) is 5.02 Å². The molecular formula is C27H28ClN3O5. The van der Waals surface area contributed by atoms with Gasteiger partial charge in [0, 0.05) is 36.2 Å². The first-order valence-electron chi connectivity index (χ1n) is 11.9. The van der Waals surface area contributed by atoms with Gasteiger partial charge in [-0.15, -0.1) is 0 Å². The largest absolute Gasteiger partial charge is 0.383 e. The lowest BCUT2D eigenvalue weighted by molar-refractivity contribution is -0.384. The van der Waals surface area contributed by atoms with Crippen molar-refractivity contribution in [2.24, 2.45) is 0 Å². The van der Waals surface area contributed by atoms with E-state index in [1.54, 1.807) is 53.4 Å². The first-order chi connectivity index (χ1) is 17.4. The van der Waals surface area contributed by atoms with Crippen molar-refractivity contribution in [3.8, 4) is 0 Å². The number of nitro groups is 1. The van der Waals surface area contributed by atoms with E-state index in [9.17, 15) is 25.2 Å². The topological polar surface area (TPSA) is 107 Å². The summed E-state index contributed by atoms with van der Waals surface area (Å²) in [6, 6.07) is 20.4. The molecule has 1 aliphatic rings. The fourth-order valence-electron chi connectivity index (χ4n) is 4.72. The van der Waals surface area contributed by atoms with Crippen molar-refractivity contribution in [1.29, 1.82) is 0 Å². The van der Waals surface area contributed by atoms with Gasteiger partial charge in [0.05, 0.1) is 16.7 Å². The highest BCUT2D eigenvalue weighted by molar-refractivity contribution is 6.30. The monoisotopic (exact) mass is 509 g/mol. The molecule has 0 radical (unpaired) electrons. The maximum absolute atomic E-state index is 13.5. The molecule has 1 fully saturated rings. The molecule has 0 aliphatic carbocycles. The number of benzene rings is 3. The Labute approximate surface area is 214 Å². The molecule has 0 aromatic heterocycles. The minimum absolute atomic E-state index is 0.102. The van der Waals surface area contributed by atoms with E-state index < -0.39 is 28.9 Å². The summed E-state index contributed by atoms with van der Waals surface area (Å²) in [5, 5.41) is 35.7. The third-order valence-corrected chi connectivity index (χ3v) is 6.84. The first-order valence-corrected chi connectivity index (χ1v) is 12.2. The Morgan fingerprint density at radius 1 is 0.917 bits per heavy atom. The van der Waals surface area contributed by atoms with Crippen molar-refractivity contribution in [2.75, 3.05) is 18.2 Å². The van der Waals surface area contributed by atoms with Crippen LogP contribution in [-0.4, -0.2) is 45.2 Å². The van der Waals surface area contributed by atoms with Gasteiger partial charge in [-0.05, 0) is 54.7 Å². The zero-order chi connectivity index (χ0) is 25.7. The average molecular weight is 510 g/mol. The summed E-state index contributed by atoms with van der Waals surface area (Å²) in [4.78, 5) is 25.9. The number of carbonyl (C=O) groups is 1. The molecule has 188 valence electrons. The summed E-state index contributed by atoms with van der Waals surface area (Å²) in [6.45, 7) is 1.14. The van der Waals surface area contributed by atoms with Crippen LogP contribution in [0.25, 0.3) is 0 Å². The third kappa shape index (κ3) is 5.67. The number of amides is 1. The highest BCUT2D eigenvalue weighted by atomic mass is 35.5. The summed E-state index contributed by atoms with van der Waals surface area (Å²) < 4.78 is 0. The maximum atomic E-state index is 13.5. The minimum Gasteiger partial charge on any atom is -0.383 e. The smallest absolute Gasteiger partial charge is 0.269 e. The number of non-ortho nitro benzene ring substituents is 1. The molecule has 4 rings (SSSR count). The van der Waals surface area contributed by atoms with Crippen molar-refractivity contribution in [3.63, 3.8) is 0 Å². The van der Waals surface area contributed by atoms with Gasteiger partial charge in [0.25, 0.3) is 11.6 Å². The lowest BCUT2D eigenvalue weighted by Crippen LogP contribution is -2.47. The summed E-state index contributed by atoms with van der Waals surface area (Å²) in [7, 11) is 0. The number of hydroxylamine groups is 1. The molecule has 1 amide bonds. The predicted octanol–water partition coefficient (Wildman–Crippen LogP) is 5.34. The van der Waals surface area contributed by atoms with E-state index in [1.165, 1.54) is 24.3 Å². The minimum atomic E-state index is -1.47. The second-order valence-electron chi connectivity index (χ2n) is 8.88. The van der Waals surface area contributed by atoms with Gasteiger partial charge >= 0.3 is 0 Å². The van der Waals surface area contributed by atoms with Gasteiger partial charge in [0.2, 0.25) is 0 Å². The number of hydrogen-bond acceptors (Lipinski definition) is 6. The molecule has 0 bridgehead atoms. The number of carbonyl (C=O) groups excluding carboxylic acids is 1. The second-order valence-corrected chi connectivity index (χ2v) is 9.32. The van der Waals surface area contributed by atoms with Crippen LogP contribution >= 0.6 is 11.6 Å². The molecule has 2 N–H and O–H groups in total. The van der Waals surface area contributed by atoms with Crippen LogP contribution in [0, 0.1) is 10.1 Å². The van der Waals surface area contributed by atoms with Crippen molar-refractivity contribution < 1.29 is 20.0 Å². The molecule has 1 saturated heterocycles. The lowest BCUT2D eigenvalue weighted by atomic mass is 9.81. The summed E-state index contributed by atoms with van der Waals surface area (Å²) in [5.74, 6) is -1.29. The van der Waals surface area contributed by atoms with Crippen LogP contribution < -0.4 is 5.06 Å². The quantitative estimate of drug-likeness (QED) is 0.313. The number of likely N-dealkylation sites (tertiary alicyclic amines) is 1. The van der Waals surface area contributed by atoms with Gasteiger partial charge in [-0.3, -0.25) is 20.1 Å². The van der Waals surface area contributed by atoms with Gasteiger partial charge in [-0.1, -0.05) is 54.1 Å². The van der Waals surface area contributed by atoms with Crippen molar-refractivity contribution in [3.05, 3.63) is 105 Å². The number of piperidine rings is 1. The normalized spacial score (nSPS) is 16.1. The van der Waals surface area contributed by atoms with Crippen molar-refractivity contribution in [2.45, 2.75) is 37.3 Å². The van der Waals surface area contributed by atoms with Crippen molar-refractivity contribution >= 4 is 28.9 Å². The van der Waals surface area contributed by atoms with Crippen LogP contribution in [0.4, 0.5) is 11.4 Å². The molecule has 0 saturated carbocycles. The molecule has 0 unspecified atom stereocenters. The van der Waals surface area contributed by atoms with Crippen LogP contribution in [0.5, 0.6) is 0 Å². The Bertz CT molecular complexity index is 1170. The van der Waals surface area contributed by atoms with Crippen LogP contribution in [0.1, 0.15) is 42.3 Å². The Morgan fingerprint density at radius 2 is 1.53 bits per heavy atom. The number of aliphatic hydroxyl groups is 1.